The second kappa shape index (κ2) is 14.4. The molecule has 14 aromatic rings. The molecule has 0 aliphatic carbocycles. The summed E-state index contributed by atoms with van der Waals surface area (Å²) in [4.78, 5) is 0. The molecule has 2 aromatic heterocycles. The van der Waals surface area contributed by atoms with Gasteiger partial charge in [0.05, 0.1) is 11.0 Å². The zero-order valence-corrected chi connectivity index (χ0v) is 35.9. The van der Waals surface area contributed by atoms with Crippen LogP contribution in [-0.4, -0.2) is 4.57 Å². The van der Waals surface area contributed by atoms with E-state index in [1.165, 1.54) is 98.3 Å². The zero-order valence-electron chi connectivity index (χ0n) is 35.9. The van der Waals surface area contributed by atoms with Crippen LogP contribution >= 0.6 is 0 Å². The van der Waals surface area contributed by atoms with Crippen LogP contribution in [0.5, 0.6) is 0 Å². The highest BCUT2D eigenvalue weighted by Gasteiger charge is 2.22. The Hall–Kier alpha value is -8.72. The summed E-state index contributed by atoms with van der Waals surface area (Å²) in [5.41, 5.74) is 14.9. The number of hydrogen-bond acceptors (Lipinski definition) is 1. The van der Waals surface area contributed by atoms with E-state index in [1.54, 1.807) is 0 Å². The molecule has 2 heteroatoms. The number of aromatic nitrogens is 1. The Morgan fingerprint density at radius 1 is 0.258 bits per heavy atom. The Balaban J connectivity index is 0.944. The number of rotatable bonds is 5. The van der Waals surface area contributed by atoms with Crippen LogP contribution in [0.3, 0.4) is 0 Å². The lowest BCUT2D eigenvalue weighted by Crippen LogP contribution is -1.94. The van der Waals surface area contributed by atoms with Crippen LogP contribution in [0, 0.1) is 0 Å². The van der Waals surface area contributed by atoms with Gasteiger partial charge in [-0.2, -0.15) is 0 Å². The second-order valence-electron chi connectivity index (χ2n) is 17.5. The lowest BCUT2D eigenvalue weighted by atomic mass is 9.85. The van der Waals surface area contributed by atoms with Gasteiger partial charge in [-0.15, -0.1) is 0 Å². The average molecular weight is 838 g/mol. The van der Waals surface area contributed by atoms with Crippen LogP contribution in [0.1, 0.15) is 0 Å². The maximum absolute atomic E-state index is 7.12. The van der Waals surface area contributed by atoms with Gasteiger partial charge in [0.15, 0.2) is 0 Å². The molecule has 66 heavy (non-hydrogen) atoms. The average Bonchev–Trinajstić information content (AvgIpc) is 3.93. The summed E-state index contributed by atoms with van der Waals surface area (Å²) in [6, 6.07) is 86.3. The number of fused-ring (bicyclic) bond motifs is 10. The molecule has 0 atom stereocenters. The summed E-state index contributed by atoms with van der Waals surface area (Å²) in [6.07, 6.45) is 0. The highest BCUT2D eigenvalue weighted by atomic mass is 16.3. The number of para-hydroxylation sites is 3. The van der Waals surface area contributed by atoms with Gasteiger partial charge >= 0.3 is 0 Å². The van der Waals surface area contributed by atoms with Crippen LogP contribution in [0.25, 0.3) is 137 Å². The molecule has 0 radical (unpaired) electrons. The van der Waals surface area contributed by atoms with E-state index in [0.29, 0.717) is 0 Å². The minimum Gasteiger partial charge on any atom is -0.455 e. The Morgan fingerprint density at radius 3 is 1.17 bits per heavy atom. The SMILES string of the molecule is c1ccc(-c2c3ccccc3c(-c3cccc4c3oc3cc(-c5c6ccccc6c(-c6ccc(-n7c8ccccc8c8ccccc87)cc6)c6ccccc56)ccc34)c3ccccc23)cc1. The first-order chi connectivity index (χ1) is 32.8. The Morgan fingerprint density at radius 2 is 0.652 bits per heavy atom. The van der Waals surface area contributed by atoms with Gasteiger partial charge in [-0.05, 0) is 113 Å². The van der Waals surface area contributed by atoms with Crippen molar-refractivity contribution in [1.29, 1.82) is 0 Å². The standard InChI is InChI=1S/C64H39NO/c1-2-17-40(18-3-1)60-51-25-8-10-27-53(51)63(54-28-11-9-26-52(54)60)56-30-16-29-55-46-38-35-42(39-59(46)66-64(55)56)62-49-23-6-4-21-47(49)61(48-22-5-7-24-50(48)62)41-33-36-43(37-34-41)65-57-31-14-12-19-44(57)45-20-13-15-32-58(45)65/h1-39H. The van der Waals surface area contributed by atoms with E-state index in [1.807, 2.05) is 0 Å². The third kappa shape index (κ3) is 5.36. The molecule has 306 valence electrons. The third-order valence-electron chi connectivity index (χ3n) is 14.0. The van der Waals surface area contributed by atoms with Crippen molar-refractivity contribution in [2.45, 2.75) is 0 Å². The summed E-state index contributed by atoms with van der Waals surface area (Å²) < 4.78 is 9.51. The van der Waals surface area contributed by atoms with Gasteiger partial charge in [0, 0.05) is 38.4 Å². The molecule has 0 saturated carbocycles. The van der Waals surface area contributed by atoms with E-state index in [0.717, 1.165) is 38.8 Å². The molecule has 12 aromatic carbocycles. The summed E-state index contributed by atoms with van der Waals surface area (Å²) in [7, 11) is 0. The minimum absolute atomic E-state index is 0.877. The molecular formula is C64H39NO. The van der Waals surface area contributed by atoms with Crippen molar-refractivity contribution in [2.24, 2.45) is 0 Å². The fourth-order valence-corrected chi connectivity index (χ4v) is 11.2. The molecule has 0 fully saturated rings. The van der Waals surface area contributed by atoms with Crippen LogP contribution in [0.4, 0.5) is 0 Å². The van der Waals surface area contributed by atoms with Crippen LogP contribution in [0.15, 0.2) is 241 Å². The number of benzene rings is 12. The molecule has 0 aliphatic heterocycles. The van der Waals surface area contributed by atoms with Crippen molar-refractivity contribution >= 4 is 86.8 Å². The topological polar surface area (TPSA) is 18.1 Å². The first-order valence-electron chi connectivity index (χ1n) is 22.8. The van der Waals surface area contributed by atoms with Gasteiger partial charge < -0.3 is 8.98 Å². The minimum atomic E-state index is 0.877. The first-order valence-corrected chi connectivity index (χ1v) is 22.8. The highest BCUT2D eigenvalue weighted by molar-refractivity contribution is 6.25. The van der Waals surface area contributed by atoms with Gasteiger partial charge in [0.1, 0.15) is 11.2 Å². The Bertz CT molecular complexity index is 4100. The molecule has 0 N–H and O–H groups in total. The third-order valence-corrected chi connectivity index (χ3v) is 14.0. The van der Waals surface area contributed by atoms with Gasteiger partial charge in [-0.1, -0.05) is 200 Å². The van der Waals surface area contributed by atoms with Crippen molar-refractivity contribution < 1.29 is 4.42 Å². The molecular weight excluding hydrogens is 799 g/mol. The van der Waals surface area contributed by atoms with E-state index in [4.69, 9.17) is 4.42 Å². The molecule has 0 aliphatic rings. The maximum Gasteiger partial charge on any atom is 0.143 e. The monoisotopic (exact) mass is 837 g/mol. The van der Waals surface area contributed by atoms with E-state index in [-0.39, 0.29) is 0 Å². The Kier molecular flexibility index (Phi) is 8.02. The maximum atomic E-state index is 7.12. The molecule has 0 bridgehead atoms. The lowest BCUT2D eigenvalue weighted by Gasteiger charge is -2.18. The molecule has 0 saturated heterocycles. The van der Waals surface area contributed by atoms with Crippen LogP contribution in [-0.2, 0) is 0 Å². The van der Waals surface area contributed by atoms with Gasteiger partial charge in [0.25, 0.3) is 0 Å². The molecule has 0 spiro atoms. The summed E-state index contributed by atoms with van der Waals surface area (Å²) in [6.45, 7) is 0. The van der Waals surface area contributed by atoms with E-state index < -0.39 is 0 Å². The molecule has 0 unspecified atom stereocenters. The highest BCUT2D eigenvalue weighted by Crippen LogP contribution is 2.48. The molecule has 0 amide bonds. The summed E-state index contributed by atoms with van der Waals surface area (Å²) in [5, 5.41) is 14.5. The zero-order chi connectivity index (χ0) is 43.3. The van der Waals surface area contributed by atoms with E-state index >= 15 is 0 Å². The quantitative estimate of drug-likeness (QED) is 0.158. The smallest absolute Gasteiger partial charge is 0.143 e. The predicted octanol–water partition coefficient (Wildman–Crippen LogP) is 18.0. The lowest BCUT2D eigenvalue weighted by molar-refractivity contribution is 0.670. The van der Waals surface area contributed by atoms with Gasteiger partial charge in [-0.3, -0.25) is 0 Å². The van der Waals surface area contributed by atoms with Crippen LogP contribution in [0.2, 0.25) is 0 Å². The fourth-order valence-electron chi connectivity index (χ4n) is 11.2. The van der Waals surface area contributed by atoms with Crippen molar-refractivity contribution in [2.75, 3.05) is 0 Å². The normalized spacial score (nSPS) is 11.9. The van der Waals surface area contributed by atoms with Crippen molar-refractivity contribution in [3.63, 3.8) is 0 Å². The largest absolute Gasteiger partial charge is 0.455 e. The fraction of sp³-hybridized carbons (Fsp3) is 0. The molecule has 2 heterocycles. The molecule has 2 nitrogen and oxygen atoms in total. The number of furan rings is 1. The second-order valence-corrected chi connectivity index (χ2v) is 17.5. The van der Waals surface area contributed by atoms with Crippen LogP contribution < -0.4 is 0 Å². The van der Waals surface area contributed by atoms with E-state index in [2.05, 4.69) is 241 Å². The summed E-state index contributed by atoms with van der Waals surface area (Å²) in [5.74, 6) is 0. The summed E-state index contributed by atoms with van der Waals surface area (Å²) >= 11 is 0. The van der Waals surface area contributed by atoms with Crippen molar-refractivity contribution in [3.05, 3.63) is 237 Å². The van der Waals surface area contributed by atoms with Gasteiger partial charge in [0.2, 0.25) is 0 Å². The van der Waals surface area contributed by atoms with Gasteiger partial charge in [-0.25, -0.2) is 0 Å². The van der Waals surface area contributed by atoms with Crippen molar-refractivity contribution in [1.82, 2.24) is 4.57 Å². The Labute approximate surface area is 380 Å². The predicted molar refractivity (Wildman–Crippen MR) is 280 cm³/mol. The number of nitrogens with zero attached hydrogens (tertiary/aromatic N) is 1. The number of hydrogen-bond donors (Lipinski definition) is 0. The van der Waals surface area contributed by atoms with E-state index in [9.17, 15) is 0 Å². The molecule has 14 rings (SSSR count). The first kappa shape index (κ1) is 36.7. The van der Waals surface area contributed by atoms with Crippen molar-refractivity contribution in [3.8, 4) is 50.2 Å².